The Bertz CT molecular complexity index is 286. The minimum atomic E-state index is -3.15. The first kappa shape index (κ1) is 15.9. The molecule has 1 saturated heterocycles. The first-order chi connectivity index (χ1) is 8.10. The molecule has 1 rings (SSSR count). The van der Waals surface area contributed by atoms with Gasteiger partial charge in [-0.3, -0.25) is 9.82 Å². The van der Waals surface area contributed by atoms with Crippen molar-refractivity contribution in [1.82, 2.24) is 9.34 Å². The number of hydrogen-bond donors (Lipinski definition) is 1. The lowest BCUT2D eigenvalue weighted by Gasteiger charge is -2.42. The van der Waals surface area contributed by atoms with Gasteiger partial charge in [-0.25, -0.2) is 9.56 Å². The zero-order valence-electron chi connectivity index (χ0n) is 9.59. The first-order valence-corrected chi connectivity index (χ1v) is 8.44. The molecular weight excluding hydrogens is 334 g/mol. The second-order valence-corrected chi connectivity index (χ2v) is 7.20. The van der Waals surface area contributed by atoms with Crippen molar-refractivity contribution in [2.45, 2.75) is 12.6 Å². The number of halogens is 2. The van der Waals surface area contributed by atoms with Crippen LogP contribution in [0.25, 0.3) is 0 Å². The van der Waals surface area contributed by atoms with E-state index in [1.54, 1.807) is 11.7 Å². The van der Waals surface area contributed by atoms with Crippen molar-refractivity contribution in [3.05, 3.63) is 0 Å². The van der Waals surface area contributed by atoms with Crippen LogP contribution in [0.2, 0.25) is 0 Å². The second-order valence-electron chi connectivity index (χ2n) is 3.59. The van der Waals surface area contributed by atoms with E-state index in [2.05, 4.69) is 20.8 Å². The Kier molecular flexibility index (Phi) is 6.91. The SMILES string of the molecule is CN(CCBr)P1(=O)OCCC(OO)N1CCCl. The van der Waals surface area contributed by atoms with Crippen molar-refractivity contribution in [3.63, 3.8) is 0 Å². The van der Waals surface area contributed by atoms with E-state index in [1.807, 2.05) is 0 Å². The molecule has 2 atom stereocenters. The van der Waals surface area contributed by atoms with Gasteiger partial charge in [-0.1, -0.05) is 15.9 Å². The van der Waals surface area contributed by atoms with Crippen molar-refractivity contribution in [2.75, 3.05) is 38.0 Å². The highest BCUT2D eigenvalue weighted by atomic mass is 79.9. The number of rotatable bonds is 6. The summed E-state index contributed by atoms with van der Waals surface area (Å²) in [6.45, 7) is 1.18. The molecule has 17 heavy (non-hydrogen) atoms. The summed E-state index contributed by atoms with van der Waals surface area (Å²) < 4.78 is 21.3. The minimum Gasteiger partial charge on any atom is -0.306 e. The van der Waals surface area contributed by atoms with Crippen molar-refractivity contribution < 1.29 is 19.2 Å². The maximum atomic E-state index is 12.8. The fourth-order valence-electron chi connectivity index (χ4n) is 1.67. The zero-order valence-corrected chi connectivity index (χ0v) is 12.8. The average molecular weight is 352 g/mol. The van der Waals surface area contributed by atoms with Crippen LogP contribution in [0.3, 0.4) is 0 Å². The summed E-state index contributed by atoms with van der Waals surface area (Å²) >= 11 is 8.97. The van der Waals surface area contributed by atoms with E-state index in [-0.39, 0.29) is 12.5 Å². The third kappa shape index (κ3) is 3.64. The highest BCUT2D eigenvalue weighted by Crippen LogP contribution is 2.57. The van der Waals surface area contributed by atoms with E-state index >= 15 is 0 Å². The molecule has 0 amide bonds. The monoisotopic (exact) mass is 350 g/mol. The molecule has 0 spiro atoms. The van der Waals surface area contributed by atoms with Crippen molar-refractivity contribution >= 4 is 35.2 Å². The molecule has 1 fully saturated rings. The summed E-state index contributed by atoms with van der Waals surface area (Å²) in [5, 5.41) is 9.52. The molecule has 1 aliphatic rings. The topological polar surface area (TPSA) is 62.2 Å². The van der Waals surface area contributed by atoms with Crippen LogP contribution >= 0.6 is 35.2 Å². The fraction of sp³-hybridized carbons (Fsp3) is 1.00. The Morgan fingerprint density at radius 1 is 1.76 bits per heavy atom. The summed E-state index contributed by atoms with van der Waals surface area (Å²) in [7, 11) is -1.44. The van der Waals surface area contributed by atoms with Gasteiger partial charge in [0.25, 0.3) is 0 Å². The van der Waals surface area contributed by atoms with E-state index in [4.69, 9.17) is 21.4 Å². The summed E-state index contributed by atoms with van der Waals surface area (Å²) in [5.74, 6) is 0.287. The molecule has 0 radical (unpaired) electrons. The Hall–Kier alpha value is 0.800. The van der Waals surface area contributed by atoms with Gasteiger partial charge in [0.15, 0.2) is 6.23 Å². The summed E-state index contributed by atoms with van der Waals surface area (Å²) in [5.41, 5.74) is 0. The largest absolute Gasteiger partial charge is 0.348 e. The minimum absolute atomic E-state index is 0.286. The Balaban J connectivity index is 2.87. The fourth-order valence-corrected chi connectivity index (χ4v) is 5.04. The molecule has 102 valence electrons. The van der Waals surface area contributed by atoms with Crippen molar-refractivity contribution in [3.8, 4) is 0 Å². The summed E-state index contributed by atoms with van der Waals surface area (Å²) in [4.78, 5) is 4.36. The van der Waals surface area contributed by atoms with Crippen LogP contribution in [0.1, 0.15) is 6.42 Å². The van der Waals surface area contributed by atoms with Crippen LogP contribution in [-0.2, 0) is 14.0 Å². The molecule has 0 saturated carbocycles. The van der Waals surface area contributed by atoms with E-state index in [9.17, 15) is 4.57 Å². The molecule has 0 aliphatic carbocycles. The molecule has 1 N–H and O–H groups in total. The zero-order chi connectivity index (χ0) is 12.9. The van der Waals surface area contributed by atoms with Crippen LogP contribution in [-0.4, -0.2) is 58.8 Å². The van der Waals surface area contributed by atoms with Gasteiger partial charge in [0.2, 0.25) is 0 Å². The third-order valence-electron chi connectivity index (χ3n) is 2.56. The molecular formula is C8H17BrClN2O4P. The lowest BCUT2D eigenvalue weighted by atomic mass is 10.4. The van der Waals surface area contributed by atoms with Gasteiger partial charge in [0.1, 0.15) is 0 Å². The van der Waals surface area contributed by atoms with Gasteiger partial charge in [0.05, 0.1) is 6.61 Å². The van der Waals surface area contributed by atoms with Crippen LogP contribution in [0.5, 0.6) is 0 Å². The second kappa shape index (κ2) is 7.40. The first-order valence-electron chi connectivity index (χ1n) is 5.25. The molecule has 0 aromatic carbocycles. The molecule has 9 heteroatoms. The van der Waals surface area contributed by atoms with Gasteiger partial charge in [-0.15, -0.1) is 11.6 Å². The van der Waals surface area contributed by atoms with Crippen LogP contribution in [0.4, 0.5) is 0 Å². The van der Waals surface area contributed by atoms with E-state index in [1.165, 1.54) is 4.67 Å². The molecule has 2 unspecified atom stereocenters. The highest BCUT2D eigenvalue weighted by Gasteiger charge is 2.44. The summed E-state index contributed by atoms with van der Waals surface area (Å²) in [6.07, 6.45) is -0.175. The van der Waals surface area contributed by atoms with Gasteiger partial charge >= 0.3 is 7.67 Å². The van der Waals surface area contributed by atoms with Crippen molar-refractivity contribution in [1.29, 1.82) is 0 Å². The van der Waals surface area contributed by atoms with Crippen LogP contribution < -0.4 is 0 Å². The molecule has 0 bridgehead atoms. The van der Waals surface area contributed by atoms with E-state index in [0.717, 1.165) is 0 Å². The quantitative estimate of drug-likeness (QED) is 0.343. The van der Waals surface area contributed by atoms with Crippen molar-refractivity contribution in [2.24, 2.45) is 0 Å². The lowest BCUT2D eigenvalue weighted by Crippen LogP contribution is -2.44. The molecule has 1 heterocycles. The lowest BCUT2D eigenvalue weighted by molar-refractivity contribution is -0.309. The molecule has 0 aromatic heterocycles. The predicted molar refractivity (Wildman–Crippen MR) is 69.5 cm³/mol. The van der Waals surface area contributed by atoms with Gasteiger partial charge < -0.3 is 4.52 Å². The van der Waals surface area contributed by atoms with Gasteiger partial charge in [0, 0.05) is 30.7 Å². The van der Waals surface area contributed by atoms with Crippen LogP contribution in [0, 0.1) is 0 Å². The molecule has 1 aliphatic heterocycles. The van der Waals surface area contributed by atoms with E-state index < -0.39 is 13.9 Å². The number of nitrogens with zero attached hydrogens (tertiary/aromatic N) is 2. The summed E-state index contributed by atoms with van der Waals surface area (Å²) in [6, 6.07) is 0. The van der Waals surface area contributed by atoms with Gasteiger partial charge in [-0.2, -0.15) is 4.67 Å². The Labute approximate surface area is 114 Å². The van der Waals surface area contributed by atoms with Gasteiger partial charge in [-0.05, 0) is 7.05 Å². The third-order valence-corrected chi connectivity index (χ3v) is 5.77. The number of alkyl halides is 2. The van der Waals surface area contributed by atoms with E-state index in [0.29, 0.717) is 24.8 Å². The predicted octanol–water partition coefficient (Wildman–Crippen LogP) is 2.20. The maximum Gasteiger partial charge on any atom is 0.348 e. The standard InChI is InChI=1S/C8H17BrClN2O4P/c1-11(5-3-9)17(14)12(6-4-10)8(16-13)2-7-15-17/h8,13H,2-7H2,1H3. The van der Waals surface area contributed by atoms with Crippen LogP contribution in [0.15, 0.2) is 0 Å². The maximum absolute atomic E-state index is 12.8. The Morgan fingerprint density at radius 3 is 3.00 bits per heavy atom. The Morgan fingerprint density at radius 2 is 2.47 bits per heavy atom. The number of hydrogen-bond acceptors (Lipinski definition) is 4. The highest BCUT2D eigenvalue weighted by molar-refractivity contribution is 9.09. The molecule has 6 nitrogen and oxygen atoms in total. The normalized spacial score (nSPS) is 31.0. The molecule has 0 aromatic rings. The smallest absolute Gasteiger partial charge is 0.306 e. The average Bonchev–Trinajstić information content (AvgIpc) is 2.32.